The van der Waals surface area contributed by atoms with Gasteiger partial charge in [0, 0.05) is 15.5 Å². The lowest BCUT2D eigenvalue weighted by molar-refractivity contribution is -0.138. The third-order valence-corrected chi connectivity index (χ3v) is 6.90. The zero-order valence-electron chi connectivity index (χ0n) is 15.0. The van der Waals surface area contributed by atoms with Crippen LogP contribution in [0.4, 0.5) is 0 Å². The van der Waals surface area contributed by atoms with Gasteiger partial charge in [0.2, 0.25) is 0 Å². The van der Waals surface area contributed by atoms with Crippen LogP contribution in [0.15, 0.2) is 28.7 Å². The van der Waals surface area contributed by atoms with E-state index in [2.05, 4.69) is 22.9 Å². The molecule has 4 aliphatic carbocycles. The van der Waals surface area contributed by atoms with Gasteiger partial charge in [0.05, 0.1) is 6.61 Å². The van der Waals surface area contributed by atoms with Crippen LogP contribution in [0.1, 0.15) is 57.4 Å². The standard InChI is InChI=1S/C22H27BrO2/c1-2-7-25-20-5-4-19(23)11-18(20)3-6-21(24)22-12-15-8-16(13-22)10-17(9-15)14-22/h3-6,11,15-17H,2,7-10,12-14H2,1H3/b6-3+. The van der Waals surface area contributed by atoms with Crippen molar-refractivity contribution >= 4 is 27.8 Å². The lowest BCUT2D eigenvalue weighted by atomic mass is 9.48. The van der Waals surface area contributed by atoms with E-state index in [1.807, 2.05) is 30.4 Å². The fourth-order valence-electron chi connectivity index (χ4n) is 5.75. The molecule has 0 amide bonds. The molecule has 0 heterocycles. The smallest absolute Gasteiger partial charge is 0.161 e. The summed E-state index contributed by atoms with van der Waals surface area (Å²) in [5, 5.41) is 0. The van der Waals surface area contributed by atoms with Crippen molar-refractivity contribution in [1.29, 1.82) is 0 Å². The molecule has 0 spiro atoms. The maximum atomic E-state index is 13.1. The molecule has 0 aliphatic heterocycles. The van der Waals surface area contributed by atoms with Crippen molar-refractivity contribution in [3.05, 3.63) is 34.3 Å². The SMILES string of the molecule is CCCOc1ccc(Br)cc1/C=C/C(=O)C12CC3CC(CC(C3)C1)C2. The Balaban J connectivity index is 1.54. The molecule has 4 saturated carbocycles. The van der Waals surface area contributed by atoms with Crippen LogP contribution in [0.2, 0.25) is 0 Å². The van der Waals surface area contributed by atoms with Crippen LogP contribution < -0.4 is 4.74 Å². The van der Waals surface area contributed by atoms with Crippen molar-refractivity contribution in [3.63, 3.8) is 0 Å². The van der Waals surface area contributed by atoms with Crippen LogP contribution in [-0.2, 0) is 4.79 Å². The molecule has 0 radical (unpaired) electrons. The maximum absolute atomic E-state index is 13.1. The number of halogens is 1. The first-order valence-electron chi connectivity index (χ1n) is 9.73. The molecule has 25 heavy (non-hydrogen) atoms. The van der Waals surface area contributed by atoms with E-state index in [0.717, 1.165) is 59.2 Å². The highest BCUT2D eigenvalue weighted by atomic mass is 79.9. The van der Waals surface area contributed by atoms with Gasteiger partial charge >= 0.3 is 0 Å². The normalized spacial score (nSPS) is 33.1. The molecule has 4 bridgehead atoms. The van der Waals surface area contributed by atoms with E-state index in [1.165, 1.54) is 19.3 Å². The second kappa shape index (κ2) is 6.90. The fourth-order valence-corrected chi connectivity index (χ4v) is 6.13. The molecule has 0 unspecified atom stereocenters. The minimum absolute atomic E-state index is 0.0539. The highest BCUT2D eigenvalue weighted by Gasteiger charge is 2.53. The zero-order chi connectivity index (χ0) is 17.4. The zero-order valence-corrected chi connectivity index (χ0v) is 16.6. The van der Waals surface area contributed by atoms with Crippen LogP contribution in [0.5, 0.6) is 5.75 Å². The van der Waals surface area contributed by atoms with Crippen molar-refractivity contribution in [2.75, 3.05) is 6.61 Å². The first-order valence-corrected chi connectivity index (χ1v) is 10.5. The molecule has 1 aromatic carbocycles. The second-order valence-corrected chi connectivity index (χ2v) is 9.34. The van der Waals surface area contributed by atoms with Crippen LogP contribution in [-0.4, -0.2) is 12.4 Å². The summed E-state index contributed by atoms with van der Waals surface area (Å²) >= 11 is 3.53. The van der Waals surface area contributed by atoms with Gasteiger partial charge in [0.15, 0.2) is 5.78 Å². The molecule has 0 aromatic heterocycles. The van der Waals surface area contributed by atoms with Crippen molar-refractivity contribution in [2.24, 2.45) is 23.2 Å². The van der Waals surface area contributed by atoms with Crippen LogP contribution in [0, 0.1) is 23.2 Å². The third kappa shape index (κ3) is 3.45. The quantitative estimate of drug-likeness (QED) is 0.542. The van der Waals surface area contributed by atoms with Gasteiger partial charge in [-0.15, -0.1) is 0 Å². The number of allylic oxidation sites excluding steroid dienone is 1. The van der Waals surface area contributed by atoms with Gasteiger partial charge in [-0.1, -0.05) is 22.9 Å². The van der Waals surface area contributed by atoms with Crippen LogP contribution >= 0.6 is 15.9 Å². The van der Waals surface area contributed by atoms with Crippen molar-refractivity contribution < 1.29 is 9.53 Å². The summed E-state index contributed by atoms with van der Waals surface area (Å²) in [5.74, 6) is 3.63. The minimum Gasteiger partial charge on any atom is -0.493 e. The molecule has 4 aliphatic rings. The topological polar surface area (TPSA) is 26.3 Å². The molecule has 5 rings (SSSR count). The predicted octanol–water partition coefficient (Wildman–Crippen LogP) is 6.04. The molecule has 0 atom stereocenters. The van der Waals surface area contributed by atoms with E-state index < -0.39 is 0 Å². The number of ketones is 1. The van der Waals surface area contributed by atoms with Crippen LogP contribution in [0.25, 0.3) is 6.08 Å². The van der Waals surface area contributed by atoms with Crippen molar-refractivity contribution in [2.45, 2.75) is 51.9 Å². The molecule has 0 saturated heterocycles. The van der Waals surface area contributed by atoms with Crippen molar-refractivity contribution in [1.82, 2.24) is 0 Å². The van der Waals surface area contributed by atoms with Crippen LogP contribution in [0.3, 0.4) is 0 Å². The Bertz CT molecular complexity index is 656. The molecule has 1 aromatic rings. The van der Waals surface area contributed by atoms with E-state index in [-0.39, 0.29) is 5.41 Å². The lowest BCUT2D eigenvalue weighted by Gasteiger charge is -2.55. The Kier molecular flexibility index (Phi) is 4.79. The first kappa shape index (κ1) is 17.3. The van der Waals surface area contributed by atoms with E-state index in [0.29, 0.717) is 12.4 Å². The van der Waals surface area contributed by atoms with E-state index in [1.54, 1.807) is 0 Å². The Morgan fingerprint density at radius 2 is 1.84 bits per heavy atom. The average Bonchev–Trinajstić information content (AvgIpc) is 2.57. The van der Waals surface area contributed by atoms with E-state index in [9.17, 15) is 4.79 Å². The summed E-state index contributed by atoms with van der Waals surface area (Å²) in [7, 11) is 0. The monoisotopic (exact) mass is 402 g/mol. The van der Waals surface area contributed by atoms with Gasteiger partial charge in [-0.25, -0.2) is 0 Å². The van der Waals surface area contributed by atoms with Gasteiger partial charge < -0.3 is 4.74 Å². The lowest BCUT2D eigenvalue weighted by Crippen LogP contribution is -2.49. The fraction of sp³-hybridized carbons (Fsp3) is 0.591. The molecular formula is C22H27BrO2. The summed E-state index contributed by atoms with van der Waals surface area (Å²) < 4.78 is 6.85. The van der Waals surface area contributed by atoms with E-state index >= 15 is 0 Å². The Labute approximate surface area is 159 Å². The second-order valence-electron chi connectivity index (χ2n) is 8.43. The summed E-state index contributed by atoms with van der Waals surface area (Å²) in [5.41, 5.74) is 0.933. The summed E-state index contributed by atoms with van der Waals surface area (Å²) in [4.78, 5) is 13.1. The highest BCUT2D eigenvalue weighted by Crippen LogP contribution is 2.60. The molecular weight excluding hydrogens is 376 g/mol. The summed E-state index contributed by atoms with van der Waals surface area (Å²) in [6.45, 7) is 2.80. The van der Waals surface area contributed by atoms with Gasteiger partial charge in [-0.3, -0.25) is 4.79 Å². The Morgan fingerprint density at radius 1 is 1.20 bits per heavy atom. The number of rotatable bonds is 6. The maximum Gasteiger partial charge on any atom is 0.161 e. The van der Waals surface area contributed by atoms with Gasteiger partial charge in [0.1, 0.15) is 5.75 Å². The number of hydrogen-bond donors (Lipinski definition) is 0. The minimum atomic E-state index is -0.0539. The molecule has 0 N–H and O–H groups in total. The number of hydrogen-bond acceptors (Lipinski definition) is 2. The average molecular weight is 403 g/mol. The Morgan fingerprint density at radius 3 is 2.44 bits per heavy atom. The number of ether oxygens (including phenoxy) is 1. The van der Waals surface area contributed by atoms with E-state index in [4.69, 9.17) is 4.74 Å². The number of carbonyl (C=O) groups excluding carboxylic acids is 1. The molecule has 2 nitrogen and oxygen atoms in total. The predicted molar refractivity (Wildman–Crippen MR) is 105 cm³/mol. The molecule has 4 fully saturated rings. The number of benzene rings is 1. The molecule has 3 heteroatoms. The first-order chi connectivity index (χ1) is 12.1. The molecule has 134 valence electrons. The van der Waals surface area contributed by atoms with Gasteiger partial charge in [-0.2, -0.15) is 0 Å². The largest absolute Gasteiger partial charge is 0.493 e. The summed E-state index contributed by atoms with van der Waals surface area (Å²) in [6.07, 6.45) is 12.3. The number of carbonyl (C=O) groups is 1. The van der Waals surface area contributed by atoms with Gasteiger partial charge in [-0.05, 0) is 93.1 Å². The van der Waals surface area contributed by atoms with Crippen molar-refractivity contribution in [3.8, 4) is 5.75 Å². The summed E-state index contributed by atoms with van der Waals surface area (Å²) in [6, 6.07) is 6.01. The van der Waals surface area contributed by atoms with Gasteiger partial charge in [0.25, 0.3) is 0 Å². The highest BCUT2D eigenvalue weighted by molar-refractivity contribution is 9.10. The third-order valence-electron chi connectivity index (χ3n) is 6.41. The Hall–Kier alpha value is -1.09.